The summed E-state index contributed by atoms with van der Waals surface area (Å²) in [6.45, 7) is 2.30. The molecule has 0 bridgehead atoms. The number of carbonyl (C=O) groups excluding carboxylic acids is 1. The lowest BCUT2D eigenvalue weighted by atomic mass is 10.2. The Morgan fingerprint density at radius 2 is 2.17 bits per heavy atom. The molecule has 118 valence electrons. The van der Waals surface area contributed by atoms with Crippen molar-refractivity contribution in [1.82, 2.24) is 20.3 Å². The van der Waals surface area contributed by atoms with Crippen LogP contribution in [0.2, 0.25) is 0 Å². The zero-order valence-corrected chi connectivity index (χ0v) is 12.4. The Balaban J connectivity index is 1.70. The first kappa shape index (κ1) is 14.8. The van der Waals surface area contributed by atoms with Gasteiger partial charge in [-0.15, -0.1) is 0 Å². The van der Waals surface area contributed by atoms with Gasteiger partial charge in [-0.1, -0.05) is 17.3 Å². The number of hydrogen-bond acceptors (Lipinski definition) is 7. The van der Waals surface area contributed by atoms with Gasteiger partial charge in [0.15, 0.2) is 6.61 Å². The molecule has 2 heterocycles. The maximum Gasteiger partial charge on any atom is 0.356 e. The molecule has 0 radical (unpaired) electrons. The summed E-state index contributed by atoms with van der Waals surface area (Å²) < 4.78 is 15.7. The molecule has 0 spiro atoms. The second kappa shape index (κ2) is 6.73. The van der Waals surface area contributed by atoms with Gasteiger partial charge in [-0.2, -0.15) is 10.1 Å². The van der Waals surface area contributed by atoms with Crippen molar-refractivity contribution in [2.45, 2.75) is 13.5 Å². The Morgan fingerprint density at radius 3 is 2.96 bits per heavy atom. The predicted molar refractivity (Wildman–Crippen MR) is 78.6 cm³/mol. The highest BCUT2D eigenvalue weighted by molar-refractivity contribution is 5.86. The molecule has 0 aliphatic rings. The number of ether oxygens (including phenoxy) is 2. The molecule has 8 heteroatoms. The predicted octanol–water partition coefficient (Wildman–Crippen LogP) is 2.22. The molecule has 2 aromatic heterocycles. The number of H-pyrrole nitrogens is 1. The third-order valence-corrected chi connectivity index (χ3v) is 2.94. The van der Waals surface area contributed by atoms with Gasteiger partial charge in [-0.05, 0) is 25.1 Å². The first-order valence-corrected chi connectivity index (χ1v) is 6.99. The molecule has 8 nitrogen and oxygen atoms in total. The Bertz CT molecular complexity index is 782. The van der Waals surface area contributed by atoms with E-state index in [4.69, 9.17) is 14.0 Å². The average molecular weight is 314 g/mol. The molecule has 1 aromatic carbocycles. The van der Waals surface area contributed by atoms with Crippen LogP contribution in [0.15, 0.2) is 41.1 Å². The van der Waals surface area contributed by atoms with Crippen LogP contribution in [0.5, 0.6) is 5.75 Å². The number of para-hydroxylation sites is 1. The van der Waals surface area contributed by atoms with Gasteiger partial charge >= 0.3 is 5.97 Å². The van der Waals surface area contributed by atoms with Crippen molar-refractivity contribution in [2.24, 2.45) is 0 Å². The fourth-order valence-corrected chi connectivity index (χ4v) is 1.93. The Hall–Kier alpha value is -3.16. The van der Waals surface area contributed by atoms with Crippen molar-refractivity contribution < 1.29 is 18.8 Å². The molecule has 0 saturated carbocycles. The molecule has 3 rings (SSSR count). The third-order valence-electron chi connectivity index (χ3n) is 2.94. The zero-order chi connectivity index (χ0) is 16.1. The van der Waals surface area contributed by atoms with E-state index >= 15 is 0 Å². The molecule has 0 fully saturated rings. The standard InChI is InChI=1S/C15H14N4O4/c1-2-21-12-6-4-3-5-10(12)14-17-13(23-19-14)9-22-15(20)11-7-8-16-18-11/h3-8H,2,9H2,1H3,(H,16,18). The van der Waals surface area contributed by atoms with E-state index in [1.165, 1.54) is 12.3 Å². The van der Waals surface area contributed by atoms with Crippen LogP contribution in [0.25, 0.3) is 11.4 Å². The Morgan fingerprint density at radius 1 is 1.30 bits per heavy atom. The van der Waals surface area contributed by atoms with E-state index in [0.717, 1.165) is 0 Å². The smallest absolute Gasteiger partial charge is 0.356 e. The normalized spacial score (nSPS) is 10.5. The number of nitrogens with zero attached hydrogens (tertiary/aromatic N) is 3. The zero-order valence-electron chi connectivity index (χ0n) is 12.4. The summed E-state index contributed by atoms with van der Waals surface area (Å²) in [7, 11) is 0. The maximum atomic E-state index is 11.7. The topological polar surface area (TPSA) is 103 Å². The molecule has 0 atom stereocenters. The molecule has 0 saturated heterocycles. The Labute approximate surface area is 131 Å². The molecule has 0 aliphatic heterocycles. The maximum absolute atomic E-state index is 11.7. The van der Waals surface area contributed by atoms with Crippen LogP contribution in [0.4, 0.5) is 0 Å². The molecular formula is C15H14N4O4. The van der Waals surface area contributed by atoms with Crippen LogP contribution in [0.1, 0.15) is 23.3 Å². The van der Waals surface area contributed by atoms with E-state index in [2.05, 4.69) is 20.3 Å². The number of nitrogens with one attached hydrogen (secondary N) is 1. The van der Waals surface area contributed by atoms with E-state index in [0.29, 0.717) is 23.7 Å². The van der Waals surface area contributed by atoms with E-state index in [1.54, 1.807) is 0 Å². The van der Waals surface area contributed by atoms with E-state index in [-0.39, 0.29) is 18.2 Å². The van der Waals surface area contributed by atoms with E-state index < -0.39 is 5.97 Å². The van der Waals surface area contributed by atoms with Gasteiger partial charge in [0.2, 0.25) is 5.82 Å². The van der Waals surface area contributed by atoms with Gasteiger partial charge in [-0.25, -0.2) is 4.79 Å². The molecule has 3 aromatic rings. The summed E-state index contributed by atoms with van der Waals surface area (Å²) in [5.74, 6) is 0.689. The van der Waals surface area contributed by atoms with Crippen molar-refractivity contribution in [3.8, 4) is 17.1 Å². The minimum Gasteiger partial charge on any atom is -0.493 e. The first-order valence-electron chi connectivity index (χ1n) is 6.99. The molecule has 23 heavy (non-hydrogen) atoms. The van der Waals surface area contributed by atoms with Crippen LogP contribution >= 0.6 is 0 Å². The quantitative estimate of drug-likeness (QED) is 0.696. The number of hydrogen-bond donors (Lipinski definition) is 1. The molecule has 0 aliphatic carbocycles. The summed E-state index contributed by atoms with van der Waals surface area (Å²) >= 11 is 0. The SMILES string of the molecule is CCOc1ccccc1-c1noc(COC(=O)c2ccn[nH]2)n1. The summed E-state index contributed by atoms with van der Waals surface area (Å²) in [6.07, 6.45) is 1.46. The van der Waals surface area contributed by atoms with Gasteiger partial charge in [0.05, 0.1) is 12.2 Å². The number of benzene rings is 1. The monoisotopic (exact) mass is 314 g/mol. The fourth-order valence-electron chi connectivity index (χ4n) is 1.93. The van der Waals surface area contributed by atoms with Crippen molar-refractivity contribution in [3.05, 3.63) is 48.1 Å². The molecule has 1 N–H and O–H groups in total. The van der Waals surface area contributed by atoms with Gasteiger partial charge in [0.1, 0.15) is 11.4 Å². The summed E-state index contributed by atoms with van der Waals surface area (Å²) in [4.78, 5) is 15.9. The average Bonchev–Trinajstić information content (AvgIpc) is 3.25. The number of aromatic amines is 1. The second-order valence-electron chi connectivity index (χ2n) is 4.49. The van der Waals surface area contributed by atoms with E-state index in [1.807, 2.05) is 31.2 Å². The van der Waals surface area contributed by atoms with Gasteiger partial charge in [0.25, 0.3) is 5.89 Å². The van der Waals surface area contributed by atoms with Crippen LogP contribution in [0, 0.1) is 0 Å². The lowest BCUT2D eigenvalue weighted by Crippen LogP contribution is -2.05. The number of rotatable bonds is 6. The van der Waals surface area contributed by atoms with Gasteiger partial charge < -0.3 is 14.0 Å². The third kappa shape index (κ3) is 3.37. The minimum absolute atomic E-state index is 0.123. The number of carbonyl (C=O) groups is 1. The second-order valence-corrected chi connectivity index (χ2v) is 4.49. The van der Waals surface area contributed by atoms with Crippen molar-refractivity contribution in [3.63, 3.8) is 0 Å². The summed E-state index contributed by atoms with van der Waals surface area (Å²) in [6, 6.07) is 8.89. The van der Waals surface area contributed by atoms with Gasteiger partial charge in [-0.3, -0.25) is 5.10 Å². The highest BCUT2D eigenvalue weighted by atomic mass is 16.6. The van der Waals surface area contributed by atoms with Crippen molar-refractivity contribution in [2.75, 3.05) is 6.61 Å². The number of esters is 1. The fraction of sp³-hybridized carbons (Fsp3) is 0.200. The lowest BCUT2D eigenvalue weighted by Gasteiger charge is -2.05. The number of aromatic nitrogens is 4. The van der Waals surface area contributed by atoms with Crippen LogP contribution < -0.4 is 4.74 Å². The largest absolute Gasteiger partial charge is 0.493 e. The Kier molecular flexibility index (Phi) is 4.32. The first-order chi connectivity index (χ1) is 11.3. The minimum atomic E-state index is -0.544. The highest BCUT2D eigenvalue weighted by Crippen LogP contribution is 2.27. The lowest BCUT2D eigenvalue weighted by molar-refractivity contribution is 0.0423. The van der Waals surface area contributed by atoms with Crippen LogP contribution in [-0.2, 0) is 11.3 Å². The van der Waals surface area contributed by atoms with Crippen molar-refractivity contribution in [1.29, 1.82) is 0 Å². The van der Waals surface area contributed by atoms with Crippen LogP contribution in [0.3, 0.4) is 0 Å². The molecule has 0 unspecified atom stereocenters. The van der Waals surface area contributed by atoms with E-state index in [9.17, 15) is 4.79 Å². The van der Waals surface area contributed by atoms with Crippen LogP contribution in [-0.4, -0.2) is 32.9 Å². The molecular weight excluding hydrogens is 300 g/mol. The summed E-state index contributed by atoms with van der Waals surface area (Å²) in [5, 5.41) is 10.1. The van der Waals surface area contributed by atoms with Crippen molar-refractivity contribution >= 4 is 5.97 Å². The van der Waals surface area contributed by atoms with Gasteiger partial charge in [0, 0.05) is 6.20 Å². The highest BCUT2D eigenvalue weighted by Gasteiger charge is 2.15. The summed E-state index contributed by atoms with van der Waals surface area (Å²) in [5.41, 5.74) is 0.968. The molecule has 0 amide bonds.